The van der Waals surface area contributed by atoms with Gasteiger partial charge in [0.2, 0.25) is 0 Å². The molecular weight excluding hydrogens is 306 g/mol. The van der Waals surface area contributed by atoms with Crippen molar-refractivity contribution in [2.75, 3.05) is 5.32 Å². The van der Waals surface area contributed by atoms with Crippen LogP contribution in [0.25, 0.3) is 10.2 Å². The van der Waals surface area contributed by atoms with Crippen molar-refractivity contribution in [3.63, 3.8) is 0 Å². The number of nitrogens with one attached hydrogen (secondary N) is 1. The highest BCUT2D eigenvalue weighted by molar-refractivity contribution is 7.19. The van der Waals surface area contributed by atoms with Crippen molar-refractivity contribution in [2.45, 2.75) is 70.4 Å². The first kappa shape index (κ1) is 15.3. The molecule has 0 saturated heterocycles. The van der Waals surface area contributed by atoms with Gasteiger partial charge in [0, 0.05) is 10.9 Å². The van der Waals surface area contributed by atoms with Gasteiger partial charge in [-0.2, -0.15) is 0 Å². The van der Waals surface area contributed by atoms with Crippen LogP contribution in [-0.4, -0.2) is 27.2 Å². The molecule has 1 atom stereocenters. The Hall–Kier alpha value is -1.20. The van der Waals surface area contributed by atoms with Crippen LogP contribution in [-0.2, 0) is 12.8 Å². The first-order chi connectivity index (χ1) is 11.2. The Morgan fingerprint density at radius 2 is 2.04 bits per heavy atom. The van der Waals surface area contributed by atoms with Gasteiger partial charge in [-0.25, -0.2) is 9.97 Å². The predicted molar refractivity (Wildman–Crippen MR) is 95.1 cm³/mol. The van der Waals surface area contributed by atoms with Crippen LogP contribution in [0.3, 0.4) is 0 Å². The monoisotopic (exact) mass is 331 g/mol. The lowest BCUT2D eigenvalue weighted by molar-refractivity contribution is 0.126. The first-order valence-corrected chi connectivity index (χ1v) is 9.76. The van der Waals surface area contributed by atoms with E-state index in [1.807, 2.05) is 11.3 Å². The molecule has 2 aliphatic carbocycles. The smallest absolute Gasteiger partial charge is 0.138 e. The highest BCUT2D eigenvalue weighted by atomic mass is 32.1. The summed E-state index contributed by atoms with van der Waals surface area (Å²) in [5.74, 6) is 1.85. The van der Waals surface area contributed by atoms with Gasteiger partial charge in [0.15, 0.2) is 0 Å². The van der Waals surface area contributed by atoms with Crippen molar-refractivity contribution in [2.24, 2.45) is 5.92 Å². The summed E-state index contributed by atoms with van der Waals surface area (Å²) in [5.41, 5.74) is 1.49. The second-order valence-corrected chi connectivity index (χ2v) is 8.16. The second kappa shape index (κ2) is 6.36. The van der Waals surface area contributed by atoms with Crippen molar-refractivity contribution < 1.29 is 5.11 Å². The molecule has 2 heterocycles. The van der Waals surface area contributed by atoms with Gasteiger partial charge >= 0.3 is 0 Å². The third kappa shape index (κ3) is 2.96. The topological polar surface area (TPSA) is 58.0 Å². The molecule has 0 amide bonds. The summed E-state index contributed by atoms with van der Waals surface area (Å²) >= 11 is 1.86. The van der Waals surface area contributed by atoms with Crippen LogP contribution in [0.4, 0.5) is 5.82 Å². The Bertz CT molecular complexity index is 691. The molecule has 0 radical (unpaired) electrons. The van der Waals surface area contributed by atoms with Crippen molar-refractivity contribution >= 4 is 27.4 Å². The zero-order valence-corrected chi connectivity index (χ0v) is 14.5. The minimum atomic E-state index is -0.113. The molecule has 2 aliphatic rings. The lowest BCUT2D eigenvalue weighted by atomic mass is 9.86. The van der Waals surface area contributed by atoms with Gasteiger partial charge in [-0.1, -0.05) is 13.3 Å². The fraction of sp³-hybridized carbons (Fsp3) is 0.667. The Labute approximate surface area is 141 Å². The fourth-order valence-corrected chi connectivity index (χ4v) is 5.35. The van der Waals surface area contributed by atoms with Crippen molar-refractivity contribution in [1.82, 2.24) is 9.97 Å². The van der Waals surface area contributed by atoms with E-state index in [2.05, 4.69) is 22.2 Å². The number of hydrogen-bond acceptors (Lipinski definition) is 5. The van der Waals surface area contributed by atoms with Gasteiger partial charge in [0.1, 0.15) is 17.0 Å². The lowest BCUT2D eigenvalue weighted by Crippen LogP contribution is -2.28. The predicted octanol–water partition coefficient (Wildman–Crippen LogP) is 3.92. The molecule has 4 nitrogen and oxygen atoms in total. The average molecular weight is 331 g/mol. The normalized spacial score (nSPS) is 27.8. The van der Waals surface area contributed by atoms with Crippen LogP contribution in [0.1, 0.15) is 55.9 Å². The molecule has 0 aromatic carbocycles. The maximum Gasteiger partial charge on any atom is 0.138 e. The average Bonchev–Trinajstić information content (AvgIpc) is 2.95. The zero-order chi connectivity index (χ0) is 15.8. The number of aliphatic hydroxyl groups excluding tert-OH is 1. The standard InChI is InChI=1S/C18H25N3OS/c1-2-11-3-8-14-15(9-11)23-18-16(14)17(19-10-20-18)21-12-4-6-13(22)7-5-12/h10-13,22H,2-9H2,1H3,(H,19,20,21)/t11?,12-,13-. The number of aryl methyl sites for hydroxylation is 1. The van der Waals surface area contributed by atoms with E-state index < -0.39 is 0 Å². The molecule has 0 spiro atoms. The van der Waals surface area contributed by atoms with Crippen LogP contribution < -0.4 is 5.32 Å². The Kier molecular flexibility index (Phi) is 4.24. The summed E-state index contributed by atoms with van der Waals surface area (Å²) in [6, 6.07) is 0.430. The van der Waals surface area contributed by atoms with Gasteiger partial charge in [-0.3, -0.25) is 0 Å². The summed E-state index contributed by atoms with van der Waals surface area (Å²) in [6.45, 7) is 2.30. The van der Waals surface area contributed by atoms with Gasteiger partial charge < -0.3 is 10.4 Å². The summed E-state index contributed by atoms with van der Waals surface area (Å²) in [4.78, 5) is 11.8. The van der Waals surface area contributed by atoms with E-state index in [4.69, 9.17) is 0 Å². The quantitative estimate of drug-likeness (QED) is 0.895. The highest BCUT2D eigenvalue weighted by Crippen LogP contribution is 2.40. The molecule has 1 saturated carbocycles. The summed E-state index contributed by atoms with van der Waals surface area (Å²) in [6.07, 6.45) is 10.4. The van der Waals surface area contributed by atoms with E-state index in [0.717, 1.165) is 42.2 Å². The van der Waals surface area contributed by atoms with Crippen LogP contribution >= 0.6 is 11.3 Å². The van der Waals surface area contributed by atoms with Gasteiger partial charge in [0.25, 0.3) is 0 Å². The molecule has 2 aromatic rings. The van der Waals surface area contributed by atoms with E-state index in [1.54, 1.807) is 6.33 Å². The Balaban J connectivity index is 1.64. The highest BCUT2D eigenvalue weighted by Gasteiger charge is 2.26. The number of hydrogen-bond donors (Lipinski definition) is 2. The first-order valence-electron chi connectivity index (χ1n) is 8.94. The minimum absolute atomic E-state index is 0.113. The SMILES string of the molecule is CCC1CCc2c(sc3ncnc(N[C@H]4CC[C@H](O)CC4)c23)C1. The number of aliphatic hydroxyl groups is 1. The fourth-order valence-electron chi connectivity index (χ4n) is 4.05. The maximum atomic E-state index is 9.69. The molecule has 0 aliphatic heterocycles. The summed E-state index contributed by atoms with van der Waals surface area (Å²) in [7, 11) is 0. The molecule has 2 N–H and O–H groups in total. The van der Waals surface area contributed by atoms with Gasteiger partial charge in [-0.05, 0) is 56.4 Å². The molecule has 124 valence electrons. The van der Waals surface area contributed by atoms with E-state index in [0.29, 0.717) is 6.04 Å². The number of anilines is 1. The molecule has 2 aromatic heterocycles. The van der Waals surface area contributed by atoms with Crippen LogP contribution in [0.5, 0.6) is 0 Å². The molecule has 1 fully saturated rings. The maximum absolute atomic E-state index is 9.69. The van der Waals surface area contributed by atoms with Crippen molar-refractivity contribution in [3.8, 4) is 0 Å². The molecular formula is C18H25N3OS. The van der Waals surface area contributed by atoms with Crippen LogP contribution in [0.2, 0.25) is 0 Å². The Morgan fingerprint density at radius 1 is 1.22 bits per heavy atom. The number of nitrogens with zero attached hydrogens (tertiary/aromatic N) is 2. The molecule has 5 heteroatoms. The second-order valence-electron chi connectivity index (χ2n) is 7.07. The Morgan fingerprint density at radius 3 is 2.83 bits per heavy atom. The van der Waals surface area contributed by atoms with Crippen molar-refractivity contribution in [1.29, 1.82) is 0 Å². The summed E-state index contributed by atoms with van der Waals surface area (Å²) < 4.78 is 0. The zero-order valence-electron chi connectivity index (χ0n) is 13.7. The summed E-state index contributed by atoms with van der Waals surface area (Å²) in [5, 5.41) is 14.6. The third-order valence-electron chi connectivity index (χ3n) is 5.56. The number of rotatable bonds is 3. The van der Waals surface area contributed by atoms with E-state index in [9.17, 15) is 5.11 Å². The number of thiophene rings is 1. The minimum Gasteiger partial charge on any atom is -0.393 e. The van der Waals surface area contributed by atoms with E-state index in [1.165, 1.54) is 41.5 Å². The molecule has 1 unspecified atom stereocenters. The third-order valence-corrected chi connectivity index (χ3v) is 6.72. The lowest BCUT2D eigenvalue weighted by Gasteiger charge is -2.27. The largest absolute Gasteiger partial charge is 0.393 e. The van der Waals surface area contributed by atoms with E-state index in [-0.39, 0.29) is 6.10 Å². The van der Waals surface area contributed by atoms with Gasteiger partial charge in [-0.15, -0.1) is 11.3 Å². The molecule has 23 heavy (non-hydrogen) atoms. The molecule has 4 rings (SSSR count). The number of aromatic nitrogens is 2. The van der Waals surface area contributed by atoms with Crippen molar-refractivity contribution in [3.05, 3.63) is 16.8 Å². The van der Waals surface area contributed by atoms with Gasteiger partial charge in [0.05, 0.1) is 11.5 Å². The van der Waals surface area contributed by atoms with Crippen LogP contribution in [0, 0.1) is 5.92 Å². The van der Waals surface area contributed by atoms with Crippen LogP contribution in [0.15, 0.2) is 6.33 Å². The molecule has 0 bridgehead atoms. The number of fused-ring (bicyclic) bond motifs is 3. The van der Waals surface area contributed by atoms with E-state index >= 15 is 0 Å².